The van der Waals surface area contributed by atoms with E-state index in [9.17, 15) is 19.5 Å². The molecule has 2 aliphatic heterocycles. The number of hydrogen-bond donors (Lipinski definition) is 3. The number of carboxylic acids is 1. The normalized spacial score (nSPS) is 20.9. The molecule has 170 valence electrons. The maximum atomic E-state index is 12.0. The van der Waals surface area contributed by atoms with Gasteiger partial charge in [-0.2, -0.15) is 11.8 Å². The first-order chi connectivity index (χ1) is 14.6. The second-order valence-electron chi connectivity index (χ2n) is 7.70. The molecule has 0 aliphatic carbocycles. The predicted octanol–water partition coefficient (Wildman–Crippen LogP) is 2.53. The molecule has 1 saturated heterocycles. The lowest BCUT2D eigenvalue weighted by Crippen LogP contribution is -2.68. The number of nitrogens with one attached hydrogen (secondary N) is 1. The van der Waals surface area contributed by atoms with E-state index in [0.717, 1.165) is 10.0 Å². The minimum absolute atomic E-state index is 0.0137. The first-order valence-corrected chi connectivity index (χ1v) is 13.3. The van der Waals surface area contributed by atoms with Crippen molar-refractivity contribution in [1.29, 1.82) is 0 Å². The van der Waals surface area contributed by atoms with E-state index in [1.54, 1.807) is 11.8 Å². The first-order valence-electron chi connectivity index (χ1n) is 9.40. The van der Waals surface area contributed by atoms with Crippen LogP contribution in [0.3, 0.4) is 0 Å². The van der Waals surface area contributed by atoms with Crippen molar-refractivity contribution in [2.75, 3.05) is 18.1 Å². The maximum absolute atomic E-state index is 12.0. The molecule has 9 nitrogen and oxygen atoms in total. The lowest BCUT2D eigenvalue weighted by atomic mass is 10.1. The standard InChI is InChI=1S/C18H24N4O5S4/c1-18(2,3)27-16(26)20-4-5-28-6-9-7-30-17(21-9)31-10-8-29-14-11(19)13(23)22(14)12(10)15(24)25/h7,11,14H,4-6,8,19H2,1-3H3,(H,20,26)(H,24,25)/t11-,14+/m1/s1. The number of ether oxygens (including phenoxy) is 1. The van der Waals surface area contributed by atoms with Crippen molar-refractivity contribution in [3.05, 3.63) is 21.7 Å². The van der Waals surface area contributed by atoms with Gasteiger partial charge >= 0.3 is 12.1 Å². The van der Waals surface area contributed by atoms with Gasteiger partial charge in [0.25, 0.3) is 0 Å². The van der Waals surface area contributed by atoms with Crippen LogP contribution in [0.25, 0.3) is 0 Å². The number of carboxylic acid groups (broad SMARTS) is 1. The van der Waals surface area contributed by atoms with Crippen LogP contribution in [0.15, 0.2) is 20.3 Å². The molecular weight excluding hydrogens is 480 g/mol. The van der Waals surface area contributed by atoms with Crippen LogP contribution in [0.5, 0.6) is 0 Å². The van der Waals surface area contributed by atoms with E-state index in [0.29, 0.717) is 28.7 Å². The summed E-state index contributed by atoms with van der Waals surface area (Å²) in [5, 5.41) is 13.9. The van der Waals surface area contributed by atoms with Crippen LogP contribution in [0.1, 0.15) is 26.5 Å². The number of hydrogen-bond acceptors (Lipinski definition) is 10. The number of fused-ring (bicyclic) bond motifs is 1. The summed E-state index contributed by atoms with van der Waals surface area (Å²) in [4.78, 5) is 41.8. The molecule has 3 heterocycles. The van der Waals surface area contributed by atoms with Gasteiger partial charge in [-0.3, -0.25) is 9.69 Å². The lowest BCUT2D eigenvalue weighted by Gasteiger charge is -2.47. The monoisotopic (exact) mass is 504 g/mol. The van der Waals surface area contributed by atoms with Gasteiger partial charge in [-0.25, -0.2) is 14.6 Å². The second-order valence-corrected chi connectivity index (χ2v) is 12.1. The molecule has 2 amide bonds. The van der Waals surface area contributed by atoms with Gasteiger partial charge in [-0.1, -0.05) is 11.8 Å². The Hall–Kier alpha value is -1.41. The zero-order chi connectivity index (χ0) is 22.8. The maximum Gasteiger partial charge on any atom is 0.407 e. The number of thioether (sulfide) groups is 3. The van der Waals surface area contributed by atoms with Gasteiger partial charge in [0.1, 0.15) is 22.7 Å². The Balaban J connectivity index is 1.49. The number of amides is 2. The van der Waals surface area contributed by atoms with Gasteiger partial charge in [0.05, 0.1) is 5.69 Å². The van der Waals surface area contributed by atoms with Crippen LogP contribution in [-0.4, -0.2) is 68.0 Å². The molecule has 0 saturated carbocycles. The average molecular weight is 505 g/mol. The molecule has 2 aliphatic rings. The molecule has 1 fully saturated rings. The lowest BCUT2D eigenvalue weighted by molar-refractivity contribution is -0.147. The van der Waals surface area contributed by atoms with Crippen LogP contribution >= 0.6 is 46.6 Å². The van der Waals surface area contributed by atoms with E-state index in [1.165, 1.54) is 39.8 Å². The summed E-state index contributed by atoms with van der Waals surface area (Å²) in [6.45, 7) is 5.94. The van der Waals surface area contributed by atoms with Crippen molar-refractivity contribution >= 4 is 64.6 Å². The quantitative estimate of drug-likeness (QED) is 0.358. The minimum Gasteiger partial charge on any atom is -0.477 e. The van der Waals surface area contributed by atoms with Gasteiger partial charge in [-0.05, 0) is 20.8 Å². The molecule has 0 spiro atoms. The van der Waals surface area contributed by atoms with Gasteiger partial charge < -0.3 is 20.9 Å². The van der Waals surface area contributed by atoms with Gasteiger partial charge in [0.15, 0.2) is 4.34 Å². The number of carbonyl (C=O) groups is 3. The summed E-state index contributed by atoms with van der Waals surface area (Å²) in [6.07, 6.45) is -0.433. The summed E-state index contributed by atoms with van der Waals surface area (Å²) in [6, 6.07) is -0.640. The molecule has 31 heavy (non-hydrogen) atoms. The van der Waals surface area contributed by atoms with Crippen LogP contribution in [0, 0.1) is 0 Å². The Morgan fingerprint density at radius 1 is 1.45 bits per heavy atom. The van der Waals surface area contributed by atoms with Gasteiger partial charge in [0, 0.05) is 34.1 Å². The van der Waals surface area contributed by atoms with E-state index in [4.69, 9.17) is 10.5 Å². The highest BCUT2D eigenvalue weighted by Gasteiger charge is 2.52. The highest BCUT2D eigenvalue weighted by atomic mass is 32.2. The average Bonchev–Trinajstić information content (AvgIpc) is 3.12. The topological polar surface area (TPSA) is 135 Å². The van der Waals surface area contributed by atoms with E-state index in [1.807, 2.05) is 26.2 Å². The fourth-order valence-corrected chi connectivity index (χ4v) is 7.06. The Morgan fingerprint density at radius 2 is 2.19 bits per heavy atom. The van der Waals surface area contributed by atoms with Crippen molar-refractivity contribution in [2.45, 2.75) is 47.9 Å². The van der Waals surface area contributed by atoms with E-state index in [-0.39, 0.29) is 17.0 Å². The third kappa shape index (κ3) is 6.09. The number of alkyl carbamates (subject to hydrolysis) is 1. The molecular formula is C18H24N4O5S4. The number of aliphatic carboxylic acids is 1. The smallest absolute Gasteiger partial charge is 0.407 e. The third-order valence-corrected chi connectivity index (χ3v) is 8.63. The largest absolute Gasteiger partial charge is 0.477 e. The Labute approximate surface area is 196 Å². The minimum atomic E-state index is -1.13. The van der Waals surface area contributed by atoms with Gasteiger partial charge in [-0.15, -0.1) is 23.1 Å². The van der Waals surface area contributed by atoms with Gasteiger partial charge in [0.2, 0.25) is 5.91 Å². The van der Waals surface area contributed by atoms with Crippen molar-refractivity contribution in [3.8, 4) is 0 Å². The Bertz CT molecular complexity index is 898. The molecule has 0 unspecified atom stereocenters. The highest BCUT2D eigenvalue weighted by molar-refractivity contribution is 8.07. The number of carbonyl (C=O) groups excluding carboxylic acids is 2. The fourth-order valence-electron chi connectivity index (χ4n) is 2.79. The highest BCUT2D eigenvalue weighted by Crippen LogP contribution is 2.45. The van der Waals surface area contributed by atoms with Crippen LogP contribution < -0.4 is 11.1 Å². The summed E-state index contributed by atoms with van der Waals surface area (Å²) in [7, 11) is 0. The van der Waals surface area contributed by atoms with Crippen molar-refractivity contribution < 1.29 is 24.2 Å². The van der Waals surface area contributed by atoms with Crippen LogP contribution in [-0.2, 0) is 20.1 Å². The van der Waals surface area contributed by atoms with E-state index < -0.39 is 23.7 Å². The predicted molar refractivity (Wildman–Crippen MR) is 124 cm³/mol. The number of nitrogens with two attached hydrogens (primary N) is 1. The number of nitrogens with zero attached hydrogens (tertiary/aromatic N) is 2. The molecule has 0 aromatic carbocycles. The first kappa shape index (κ1) is 24.2. The molecule has 3 rings (SSSR count). The molecule has 13 heteroatoms. The number of thiazole rings is 1. The number of rotatable bonds is 8. The Kier molecular flexibility index (Phi) is 7.84. The molecule has 1 aromatic heterocycles. The summed E-state index contributed by atoms with van der Waals surface area (Å²) >= 11 is 5.82. The second kappa shape index (κ2) is 10.0. The molecule has 4 N–H and O–H groups in total. The van der Waals surface area contributed by atoms with Crippen LogP contribution in [0.4, 0.5) is 4.79 Å². The summed E-state index contributed by atoms with van der Waals surface area (Å²) in [5.74, 6) is 0.382. The number of β-lactam (4-membered cyclic amide) rings is 1. The molecule has 1 aromatic rings. The third-order valence-electron chi connectivity index (χ3n) is 4.08. The Morgan fingerprint density at radius 3 is 2.87 bits per heavy atom. The zero-order valence-electron chi connectivity index (χ0n) is 17.2. The summed E-state index contributed by atoms with van der Waals surface area (Å²) < 4.78 is 5.91. The van der Waals surface area contributed by atoms with Crippen molar-refractivity contribution in [2.24, 2.45) is 5.73 Å². The zero-order valence-corrected chi connectivity index (χ0v) is 20.5. The molecule has 0 radical (unpaired) electrons. The van der Waals surface area contributed by atoms with E-state index >= 15 is 0 Å². The number of aromatic nitrogens is 1. The van der Waals surface area contributed by atoms with Crippen molar-refractivity contribution in [3.63, 3.8) is 0 Å². The molecule has 2 atom stereocenters. The van der Waals surface area contributed by atoms with E-state index in [2.05, 4.69) is 10.3 Å². The van der Waals surface area contributed by atoms with Crippen LogP contribution in [0.2, 0.25) is 0 Å². The summed E-state index contributed by atoms with van der Waals surface area (Å²) in [5.41, 5.74) is 6.15. The molecule has 0 bridgehead atoms. The van der Waals surface area contributed by atoms with Crippen molar-refractivity contribution in [1.82, 2.24) is 15.2 Å². The fraction of sp³-hybridized carbons (Fsp3) is 0.556. The SMILES string of the molecule is CC(C)(C)OC(=O)NCCSCc1csc(SC2=C(C(=O)O)N3C(=O)[C@@H](N)[C@@H]3SC2)n1.